The molecule has 1 unspecified atom stereocenters. The van der Waals surface area contributed by atoms with Gasteiger partial charge in [-0.3, -0.25) is 4.98 Å². The second-order valence-corrected chi connectivity index (χ2v) is 4.62. The SMILES string of the molecule is CCC(N)c1ccc(Oc2cccc(COC)c2)cn1. The lowest BCUT2D eigenvalue weighted by Crippen LogP contribution is -2.10. The summed E-state index contributed by atoms with van der Waals surface area (Å²) >= 11 is 0. The smallest absolute Gasteiger partial charge is 0.145 e. The summed E-state index contributed by atoms with van der Waals surface area (Å²) in [5.74, 6) is 1.47. The van der Waals surface area contributed by atoms with E-state index in [9.17, 15) is 0 Å². The third kappa shape index (κ3) is 3.79. The van der Waals surface area contributed by atoms with Crippen LogP contribution in [0.1, 0.15) is 30.6 Å². The number of rotatable bonds is 6. The molecule has 1 aromatic carbocycles. The standard InChI is InChI=1S/C16H20N2O2/c1-3-15(17)16-8-7-14(10-18-16)20-13-6-4-5-12(9-13)11-19-2/h4-10,15H,3,11,17H2,1-2H3. The molecule has 0 amide bonds. The molecule has 0 radical (unpaired) electrons. The van der Waals surface area contributed by atoms with Crippen LogP contribution in [0.2, 0.25) is 0 Å². The third-order valence-corrected chi connectivity index (χ3v) is 3.02. The van der Waals surface area contributed by atoms with Gasteiger partial charge in [0.05, 0.1) is 18.5 Å². The largest absolute Gasteiger partial charge is 0.456 e. The van der Waals surface area contributed by atoms with Crippen molar-refractivity contribution in [3.05, 3.63) is 53.9 Å². The number of aromatic nitrogens is 1. The molecule has 2 rings (SSSR count). The summed E-state index contributed by atoms with van der Waals surface area (Å²) in [5, 5.41) is 0. The van der Waals surface area contributed by atoms with Crippen LogP contribution in [0, 0.1) is 0 Å². The van der Waals surface area contributed by atoms with Crippen LogP contribution in [-0.4, -0.2) is 12.1 Å². The van der Waals surface area contributed by atoms with Crippen LogP contribution in [0.4, 0.5) is 0 Å². The average Bonchev–Trinajstić information content (AvgIpc) is 2.48. The molecule has 0 spiro atoms. The van der Waals surface area contributed by atoms with E-state index in [0.717, 1.165) is 23.4 Å². The van der Waals surface area contributed by atoms with Gasteiger partial charge in [0.15, 0.2) is 0 Å². The lowest BCUT2D eigenvalue weighted by molar-refractivity contribution is 0.184. The minimum absolute atomic E-state index is 0.0194. The summed E-state index contributed by atoms with van der Waals surface area (Å²) in [4.78, 5) is 4.33. The Morgan fingerprint density at radius 1 is 1.20 bits per heavy atom. The van der Waals surface area contributed by atoms with Gasteiger partial charge in [0, 0.05) is 13.2 Å². The van der Waals surface area contributed by atoms with Gasteiger partial charge in [-0.25, -0.2) is 0 Å². The average molecular weight is 272 g/mol. The Bertz CT molecular complexity index is 540. The van der Waals surface area contributed by atoms with Crippen molar-refractivity contribution in [2.75, 3.05) is 7.11 Å². The van der Waals surface area contributed by atoms with E-state index in [1.54, 1.807) is 13.3 Å². The summed E-state index contributed by atoms with van der Waals surface area (Å²) in [7, 11) is 1.67. The van der Waals surface area contributed by atoms with E-state index in [0.29, 0.717) is 12.4 Å². The van der Waals surface area contributed by atoms with Gasteiger partial charge >= 0.3 is 0 Å². The van der Waals surface area contributed by atoms with Gasteiger partial charge in [0.2, 0.25) is 0 Å². The van der Waals surface area contributed by atoms with Crippen molar-refractivity contribution < 1.29 is 9.47 Å². The first-order chi connectivity index (χ1) is 9.72. The van der Waals surface area contributed by atoms with Crippen LogP contribution in [0.5, 0.6) is 11.5 Å². The highest BCUT2D eigenvalue weighted by Gasteiger charge is 2.05. The molecule has 2 N–H and O–H groups in total. The van der Waals surface area contributed by atoms with Crippen LogP contribution in [0.15, 0.2) is 42.6 Å². The topological polar surface area (TPSA) is 57.4 Å². The summed E-state index contributed by atoms with van der Waals surface area (Å²) in [6, 6.07) is 11.6. The molecule has 1 aromatic heterocycles. The predicted octanol–water partition coefficient (Wildman–Crippen LogP) is 3.43. The molecule has 0 aliphatic rings. The maximum Gasteiger partial charge on any atom is 0.145 e. The summed E-state index contributed by atoms with van der Waals surface area (Å²) in [6.07, 6.45) is 2.57. The number of nitrogens with two attached hydrogens (primary N) is 1. The van der Waals surface area contributed by atoms with Crippen LogP contribution >= 0.6 is 0 Å². The molecular formula is C16H20N2O2. The van der Waals surface area contributed by atoms with Gasteiger partial charge in [-0.2, -0.15) is 0 Å². The summed E-state index contributed by atoms with van der Waals surface area (Å²) in [6.45, 7) is 2.61. The molecule has 4 nitrogen and oxygen atoms in total. The molecule has 0 bridgehead atoms. The Morgan fingerprint density at radius 2 is 2.05 bits per heavy atom. The minimum atomic E-state index is -0.0194. The van der Waals surface area contributed by atoms with Gasteiger partial charge in [-0.15, -0.1) is 0 Å². The summed E-state index contributed by atoms with van der Waals surface area (Å²) in [5.41, 5.74) is 7.89. The Balaban J connectivity index is 2.08. The second-order valence-electron chi connectivity index (χ2n) is 4.62. The zero-order valence-electron chi connectivity index (χ0n) is 11.9. The number of nitrogens with zero attached hydrogens (tertiary/aromatic N) is 1. The lowest BCUT2D eigenvalue weighted by atomic mass is 10.1. The van der Waals surface area contributed by atoms with Crippen molar-refractivity contribution in [1.82, 2.24) is 4.98 Å². The van der Waals surface area contributed by atoms with Crippen LogP contribution < -0.4 is 10.5 Å². The molecule has 0 saturated heterocycles. The van der Waals surface area contributed by atoms with E-state index in [1.165, 1.54) is 0 Å². The van der Waals surface area contributed by atoms with E-state index in [4.69, 9.17) is 15.2 Å². The Hall–Kier alpha value is -1.91. The normalized spacial score (nSPS) is 12.2. The predicted molar refractivity (Wildman–Crippen MR) is 78.7 cm³/mol. The monoisotopic (exact) mass is 272 g/mol. The van der Waals surface area contributed by atoms with Crippen molar-refractivity contribution in [2.45, 2.75) is 26.0 Å². The maximum absolute atomic E-state index is 5.93. The fraction of sp³-hybridized carbons (Fsp3) is 0.312. The maximum atomic E-state index is 5.93. The van der Waals surface area contributed by atoms with Crippen molar-refractivity contribution in [2.24, 2.45) is 5.73 Å². The van der Waals surface area contributed by atoms with E-state index < -0.39 is 0 Å². The second kappa shape index (κ2) is 7.03. The Labute approximate surface area is 119 Å². The van der Waals surface area contributed by atoms with Gasteiger partial charge in [0.25, 0.3) is 0 Å². The van der Waals surface area contributed by atoms with Crippen molar-refractivity contribution in [3.63, 3.8) is 0 Å². The molecule has 0 aliphatic heterocycles. The zero-order chi connectivity index (χ0) is 14.4. The molecule has 1 heterocycles. The molecule has 20 heavy (non-hydrogen) atoms. The zero-order valence-corrected chi connectivity index (χ0v) is 11.9. The summed E-state index contributed by atoms with van der Waals surface area (Å²) < 4.78 is 10.9. The van der Waals surface area contributed by atoms with Crippen molar-refractivity contribution >= 4 is 0 Å². The molecule has 106 valence electrons. The molecule has 0 fully saturated rings. The van der Waals surface area contributed by atoms with Crippen LogP contribution in [0.25, 0.3) is 0 Å². The molecule has 0 saturated carbocycles. The first kappa shape index (κ1) is 14.5. The molecule has 4 heteroatoms. The number of hydrogen-bond donors (Lipinski definition) is 1. The van der Waals surface area contributed by atoms with Gasteiger partial charge in [-0.05, 0) is 36.2 Å². The van der Waals surface area contributed by atoms with Gasteiger partial charge in [0.1, 0.15) is 11.5 Å². The van der Waals surface area contributed by atoms with Crippen molar-refractivity contribution in [1.29, 1.82) is 0 Å². The number of benzene rings is 1. The third-order valence-electron chi connectivity index (χ3n) is 3.02. The van der Waals surface area contributed by atoms with Crippen LogP contribution in [-0.2, 0) is 11.3 Å². The minimum Gasteiger partial charge on any atom is -0.456 e. The van der Waals surface area contributed by atoms with Crippen molar-refractivity contribution in [3.8, 4) is 11.5 Å². The first-order valence-electron chi connectivity index (χ1n) is 6.70. The van der Waals surface area contributed by atoms with E-state index in [-0.39, 0.29) is 6.04 Å². The molecule has 1 atom stereocenters. The van der Waals surface area contributed by atoms with Crippen LogP contribution in [0.3, 0.4) is 0 Å². The number of methoxy groups -OCH3 is 1. The highest BCUT2D eigenvalue weighted by molar-refractivity contribution is 5.33. The Kier molecular flexibility index (Phi) is 5.09. The lowest BCUT2D eigenvalue weighted by Gasteiger charge is -2.10. The van der Waals surface area contributed by atoms with E-state index in [2.05, 4.69) is 4.98 Å². The fourth-order valence-electron chi connectivity index (χ4n) is 1.88. The number of hydrogen-bond acceptors (Lipinski definition) is 4. The van der Waals surface area contributed by atoms with Gasteiger partial charge in [-0.1, -0.05) is 19.1 Å². The highest BCUT2D eigenvalue weighted by atomic mass is 16.5. The quantitative estimate of drug-likeness (QED) is 0.875. The van der Waals surface area contributed by atoms with E-state index >= 15 is 0 Å². The number of ether oxygens (including phenoxy) is 2. The Morgan fingerprint density at radius 3 is 2.70 bits per heavy atom. The molecular weight excluding hydrogens is 252 g/mol. The molecule has 0 aliphatic carbocycles. The van der Waals surface area contributed by atoms with E-state index in [1.807, 2.05) is 43.3 Å². The highest BCUT2D eigenvalue weighted by Crippen LogP contribution is 2.23. The first-order valence-corrected chi connectivity index (χ1v) is 6.70. The fourth-order valence-corrected chi connectivity index (χ4v) is 1.88. The number of pyridine rings is 1. The molecule has 2 aromatic rings. The van der Waals surface area contributed by atoms with Gasteiger partial charge < -0.3 is 15.2 Å².